The molecule has 0 atom stereocenters. The van der Waals surface area contributed by atoms with Crippen LogP contribution in [0.1, 0.15) is 21.5 Å². The molecule has 0 spiro atoms. The highest BCUT2D eigenvalue weighted by atomic mass is 79.9. The standard InChI is InChI=1S/C16H15BrO4/c1-21-16(20)12-5-7-14(17)11(8-12)3-2-10-4-6-13(18)9-15(10)19/h4-9,18-19H,2-3H2,1H3. The van der Waals surface area contributed by atoms with Gasteiger partial charge in [0.25, 0.3) is 0 Å². The fraction of sp³-hybridized carbons (Fsp3) is 0.188. The van der Waals surface area contributed by atoms with Crippen molar-refractivity contribution < 1.29 is 19.7 Å². The number of aryl methyl sites for hydroxylation is 2. The molecule has 0 aliphatic rings. The molecule has 2 rings (SSSR count). The third kappa shape index (κ3) is 3.76. The summed E-state index contributed by atoms with van der Waals surface area (Å²) < 4.78 is 5.60. The molecule has 0 amide bonds. The van der Waals surface area contributed by atoms with E-state index in [1.54, 1.807) is 24.3 Å². The van der Waals surface area contributed by atoms with Crippen LogP contribution in [0.2, 0.25) is 0 Å². The van der Waals surface area contributed by atoms with Crippen molar-refractivity contribution >= 4 is 21.9 Å². The van der Waals surface area contributed by atoms with Gasteiger partial charge in [0.1, 0.15) is 11.5 Å². The van der Waals surface area contributed by atoms with Crippen LogP contribution in [0.5, 0.6) is 11.5 Å². The van der Waals surface area contributed by atoms with Crippen LogP contribution in [0.25, 0.3) is 0 Å². The first kappa shape index (κ1) is 15.4. The molecule has 21 heavy (non-hydrogen) atoms. The molecule has 0 saturated heterocycles. The molecule has 4 nitrogen and oxygen atoms in total. The summed E-state index contributed by atoms with van der Waals surface area (Å²) in [7, 11) is 1.35. The average Bonchev–Trinajstić information content (AvgIpc) is 2.47. The highest BCUT2D eigenvalue weighted by molar-refractivity contribution is 9.10. The molecule has 0 aromatic heterocycles. The Bertz CT molecular complexity index is 667. The summed E-state index contributed by atoms with van der Waals surface area (Å²) in [6.45, 7) is 0. The van der Waals surface area contributed by atoms with Crippen LogP contribution in [-0.2, 0) is 17.6 Å². The molecule has 110 valence electrons. The van der Waals surface area contributed by atoms with Gasteiger partial charge in [-0.1, -0.05) is 22.0 Å². The van der Waals surface area contributed by atoms with E-state index in [4.69, 9.17) is 4.74 Å². The summed E-state index contributed by atoms with van der Waals surface area (Å²) in [6, 6.07) is 9.80. The minimum atomic E-state index is -0.378. The predicted octanol–water partition coefficient (Wildman–Crippen LogP) is 3.43. The average molecular weight is 351 g/mol. The number of phenols is 2. The van der Waals surface area contributed by atoms with Crippen molar-refractivity contribution in [3.63, 3.8) is 0 Å². The van der Waals surface area contributed by atoms with Gasteiger partial charge in [-0.05, 0) is 48.2 Å². The summed E-state index contributed by atoms with van der Waals surface area (Å²) in [4.78, 5) is 11.5. The van der Waals surface area contributed by atoms with Crippen LogP contribution in [-0.4, -0.2) is 23.3 Å². The van der Waals surface area contributed by atoms with Gasteiger partial charge in [0, 0.05) is 10.5 Å². The van der Waals surface area contributed by atoms with Crippen molar-refractivity contribution in [3.05, 3.63) is 57.6 Å². The zero-order valence-corrected chi connectivity index (χ0v) is 13.1. The quantitative estimate of drug-likeness (QED) is 0.829. The number of methoxy groups -OCH3 is 1. The van der Waals surface area contributed by atoms with Crippen LogP contribution in [0, 0.1) is 0 Å². The smallest absolute Gasteiger partial charge is 0.337 e. The topological polar surface area (TPSA) is 66.8 Å². The van der Waals surface area contributed by atoms with Gasteiger partial charge < -0.3 is 14.9 Å². The Hall–Kier alpha value is -2.01. The summed E-state index contributed by atoms with van der Waals surface area (Å²) in [5, 5.41) is 19.0. The zero-order chi connectivity index (χ0) is 15.4. The van der Waals surface area contributed by atoms with E-state index >= 15 is 0 Å². The van der Waals surface area contributed by atoms with Crippen LogP contribution < -0.4 is 0 Å². The predicted molar refractivity (Wildman–Crippen MR) is 82.7 cm³/mol. The fourth-order valence-electron chi connectivity index (χ4n) is 2.04. The first-order valence-corrected chi connectivity index (χ1v) is 7.18. The normalized spacial score (nSPS) is 10.4. The van der Waals surface area contributed by atoms with Gasteiger partial charge in [0.05, 0.1) is 12.7 Å². The number of hydrogen-bond donors (Lipinski definition) is 2. The monoisotopic (exact) mass is 350 g/mol. The summed E-state index contributed by atoms with van der Waals surface area (Å²) >= 11 is 3.45. The SMILES string of the molecule is COC(=O)c1ccc(Br)c(CCc2ccc(O)cc2O)c1. The lowest BCUT2D eigenvalue weighted by Gasteiger charge is -2.08. The Morgan fingerprint density at radius 3 is 2.48 bits per heavy atom. The minimum absolute atomic E-state index is 0.0325. The number of esters is 1. The third-order valence-electron chi connectivity index (χ3n) is 3.20. The van der Waals surface area contributed by atoms with Gasteiger partial charge in [0.2, 0.25) is 0 Å². The van der Waals surface area contributed by atoms with E-state index in [0.29, 0.717) is 18.4 Å². The molecule has 0 unspecified atom stereocenters. The van der Waals surface area contributed by atoms with Crippen LogP contribution in [0.3, 0.4) is 0 Å². The maximum Gasteiger partial charge on any atom is 0.337 e. The second-order valence-corrected chi connectivity index (χ2v) is 5.47. The molecule has 0 radical (unpaired) electrons. The molecule has 2 N–H and O–H groups in total. The number of hydrogen-bond acceptors (Lipinski definition) is 4. The van der Waals surface area contributed by atoms with Crippen LogP contribution in [0.4, 0.5) is 0 Å². The lowest BCUT2D eigenvalue weighted by Crippen LogP contribution is -2.03. The van der Waals surface area contributed by atoms with Crippen LogP contribution >= 0.6 is 15.9 Å². The van der Waals surface area contributed by atoms with Gasteiger partial charge in [-0.3, -0.25) is 0 Å². The van der Waals surface area contributed by atoms with E-state index in [2.05, 4.69) is 15.9 Å². The first-order valence-electron chi connectivity index (χ1n) is 6.39. The van der Waals surface area contributed by atoms with Crippen molar-refractivity contribution in [2.45, 2.75) is 12.8 Å². The number of phenolic OH excluding ortho intramolecular Hbond substituents is 2. The number of benzene rings is 2. The molecule has 0 fully saturated rings. The summed E-state index contributed by atoms with van der Waals surface area (Å²) in [5.74, 6) is -0.281. The number of rotatable bonds is 4. The molecule has 0 heterocycles. The number of carbonyl (C=O) groups excluding carboxylic acids is 1. The largest absolute Gasteiger partial charge is 0.508 e. The molecule has 0 bridgehead atoms. The maximum absolute atomic E-state index is 11.5. The van der Waals surface area contributed by atoms with E-state index in [9.17, 15) is 15.0 Å². The first-order chi connectivity index (χ1) is 10.0. The van der Waals surface area contributed by atoms with Gasteiger partial charge >= 0.3 is 5.97 Å². The second-order valence-electron chi connectivity index (χ2n) is 4.61. The van der Waals surface area contributed by atoms with Crippen molar-refractivity contribution in [1.82, 2.24) is 0 Å². The van der Waals surface area contributed by atoms with E-state index in [1.165, 1.54) is 19.2 Å². The third-order valence-corrected chi connectivity index (χ3v) is 3.97. The molecular formula is C16H15BrO4. The molecule has 0 aliphatic heterocycles. The minimum Gasteiger partial charge on any atom is -0.508 e. The molecule has 0 saturated carbocycles. The lowest BCUT2D eigenvalue weighted by atomic mass is 10.0. The summed E-state index contributed by atoms with van der Waals surface area (Å²) in [6.07, 6.45) is 1.24. The van der Waals surface area contributed by atoms with Crippen molar-refractivity contribution in [2.75, 3.05) is 7.11 Å². The summed E-state index contributed by atoms with van der Waals surface area (Å²) in [5.41, 5.74) is 2.18. The van der Waals surface area contributed by atoms with Crippen molar-refractivity contribution in [1.29, 1.82) is 0 Å². The Morgan fingerprint density at radius 2 is 1.81 bits per heavy atom. The van der Waals surface area contributed by atoms with Gasteiger partial charge in [-0.2, -0.15) is 0 Å². The lowest BCUT2D eigenvalue weighted by molar-refractivity contribution is 0.0600. The fourth-order valence-corrected chi connectivity index (χ4v) is 2.49. The maximum atomic E-state index is 11.5. The van der Waals surface area contributed by atoms with Gasteiger partial charge in [-0.15, -0.1) is 0 Å². The van der Waals surface area contributed by atoms with Gasteiger partial charge in [0.15, 0.2) is 0 Å². The molecule has 5 heteroatoms. The van der Waals surface area contributed by atoms with E-state index in [1.807, 2.05) is 0 Å². The van der Waals surface area contributed by atoms with Crippen LogP contribution in [0.15, 0.2) is 40.9 Å². The number of carbonyl (C=O) groups is 1. The van der Waals surface area contributed by atoms with Gasteiger partial charge in [-0.25, -0.2) is 4.79 Å². The molecule has 0 aliphatic carbocycles. The number of halogens is 1. The Kier molecular flexibility index (Phi) is 4.85. The highest BCUT2D eigenvalue weighted by Gasteiger charge is 2.10. The number of ether oxygens (including phenoxy) is 1. The number of aromatic hydroxyl groups is 2. The van der Waals surface area contributed by atoms with E-state index in [-0.39, 0.29) is 17.5 Å². The van der Waals surface area contributed by atoms with Crippen molar-refractivity contribution in [2.24, 2.45) is 0 Å². The second kappa shape index (κ2) is 6.63. The van der Waals surface area contributed by atoms with E-state index < -0.39 is 0 Å². The van der Waals surface area contributed by atoms with Crippen molar-refractivity contribution in [3.8, 4) is 11.5 Å². The molecular weight excluding hydrogens is 336 g/mol. The Labute approximate surface area is 131 Å². The molecule has 2 aromatic carbocycles. The molecule has 2 aromatic rings. The van der Waals surface area contributed by atoms with E-state index in [0.717, 1.165) is 15.6 Å². The zero-order valence-electron chi connectivity index (χ0n) is 11.5. The highest BCUT2D eigenvalue weighted by Crippen LogP contribution is 2.26. The Morgan fingerprint density at radius 1 is 1.10 bits per heavy atom. The Balaban J connectivity index is 2.17.